The number of benzene rings is 1. The Morgan fingerprint density at radius 3 is 2.60 bits per heavy atom. The monoisotopic (exact) mass is 284 g/mol. The summed E-state index contributed by atoms with van der Waals surface area (Å²) in [4.78, 5) is 4.27. The van der Waals surface area contributed by atoms with E-state index in [1.807, 2.05) is 53.3 Å². The zero-order chi connectivity index (χ0) is 13.9. The lowest BCUT2D eigenvalue weighted by Crippen LogP contribution is -2.00. The van der Waals surface area contributed by atoms with E-state index >= 15 is 0 Å². The number of hydrogen-bond acceptors (Lipinski definition) is 3. The van der Waals surface area contributed by atoms with E-state index < -0.39 is 0 Å². The summed E-state index contributed by atoms with van der Waals surface area (Å²) in [5.41, 5.74) is 9.23. The van der Waals surface area contributed by atoms with Crippen LogP contribution in [0.2, 0.25) is 5.02 Å². The van der Waals surface area contributed by atoms with Gasteiger partial charge in [-0.3, -0.25) is 9.67 Å². The maximum atomic E-state index is 6.01. The molecule has 0 spiro atoms. The Labute approximate surface area is 121 Å². The highest BCUT2D eigenvalue weighted by molar-refractivity contribution is 6.30. The average molecular weight is 285 g/mol. The summed E-state index contributed by atoms with van der Waals surface area (Å²) in [6.45, 7) is 0.647. The van der Waals surface area contributed by atoms with Crippen LogP contribution in [-0.4, -0.2) is 14.8 Å². The van der Waals surface area contributed by atoms with E-state index in [0.29, 0.717) is 17.9 Å². The summed E-state index contributed by atoms with van der Waals surface area (Å²) in [5, 5.41) is 5.22. The smallest absolute Gasteiger partial charge is 0.134 e. The molecule has 0 aliphatic carbocycles. The predicted octanol–water partition coefficient (Wildman–Crippen LogP) is 3.23. The number of pyridine rings is 1. The highest BCUT2D eigenvalue weighted by Crippen LogP contribution is 2.22. The molecule has 0 bridgehead atoms. The molecular formula is C15H13ClN4. The minimum atomic E-state index is 0.623. The second kappa shape index (κ2) is 5.35. The summed E-state index contributed by atoms with van der Waals surface area (Å²) in [7, 11) is 0. The maximum Gasteiger partial charge on any atom is 0.134 e. The van der Waals surface area contributed by atoms with Crippen molar-refractivity contribution in [3.63, 3.8) is 0 Å². The van der Waals surface area contributed by atoms with Gasteiger partial charge in [-0.1, -0.05) is 29.8 Å². The van der Waals surface area contributed by atoms with E-state index in [2.05, 4.69) is 10.1 Å². The summed E-state index contributed by atoms with van der Waals surface area (Å²) in [5.74, 6) is 0. The van der Waals surface area contributed by atoms with Gasteiger partial charge in [-0.05, 0) is 29.8 Å². The molecule has 20 heavy (non-hydrogen) atoms. The van der Waals surface area contributed by atoms with Crippen molar-refractivity contribution in [2.24, 2.45) is 0 Å². The van der Waals surface area contributed by atoms with E-state index in [0.717, 1.165) is 16.3 Å². The first-order valence-electron chi connectivity index (χ1n) is 6.21. The normalized spacial score (nSPS) is 10.7. The van der Waals surface area contributed by atoms with Crippen LogP contribution in [0.5, 0.6) is 0 Å². The molecule has 0 saturated carbocycles. The summed E-state index contributed by atoms with van der Waals surface area (Å²) in [6.07, 6.45) is 3.55. The molecule has 0 unspecified atom stereocenters. The van der Waals surface area contributed by atoms with Gasteiger partial charge in [0.2, 0.25) is 0 Å². The molecule has 0 aliphatic rings. The van der Waals surface area contributed by atoms with Gasteiger partial charge in [-0.2, -0.15) is 5.10 Å². The molecular weight excluding hydrogens is 272 g/mol. The summed E-state index contributed by atoms with van der Waals surface area (Å²) < 4.78 is 1.81. The van der Waals surface area contributed by atoms with Gasteiger partial charge in [0.25, 0.3) is 0 Å². The lowest BCUT2D eigenvalue weighted by Gasteiger charge is -2.01. The molecule has 1 aromatic carbocycles. The Morgan fingerprint density at radius 1 is 1.10 bits per heavy atom. The van der Waals surface area contributed by atoms with Crippen LogP contribution in [0.3, 0.4) is 0 Å². The SMILES string of the molecule is Nc1cn(Cc2ccc(Cl)cc2)nc1-c1ccccn1. The molecule has 0 saturated heterocycles. The van der Waals surface area contributed by atoms with Crippen LogP contribution >= 0.6 is 11.6 Å². The van der Waals surface area contributed by atoms with Gasteiger partial charge >= 0.3 is 0 Å². The van der Waals surface area contributed by atoms with Crippen molar-refractivity contribution < 1.29 is 0 Å². The number of halogens is 1. The zero-order valence-electron chi connectivity index (χ0n) is 10.7. The van der Waals surface area contributed by atoms with Crippen molar-refractivity contribution in [2.45, 2.75) is 6.54 Å². The van der Waals surface area contributed by atoms with Gasteiger partial charge in [0.1, 0.15) is 5.69 Å². The number of rotatable bonds is 3. The van der Waals surface area contributed by atoms with Crippen LogP contribution in [0.1, 0.15) is 5.56 Å². The van der Waals surface area contributed by atoms with Crippen LogP contribution in [0.15, 0.2) is 54.9 Å². The fourth-order valence-electron chi connectivity index (χ4n) is 2.00. The first-order valence-corrected chi connectivity index (χ1v) is 6.59. The Bertz CT molecular complexity index is 704. The van der Waals surface area contributed by atoms with Crippen molar-refractivity contribution in [1.29, 1.82) is 0 Å². The van der Waals surface area contributed by atoms with Crippen molar-refractivity contribution in [2.75, 3.05) is 5.73 Å². The largest absolute Gasteiger partial charge is 0.396 e. The third-order valence-electron chi connectivity index (χ3n) is 2.96. The van der Waals surface area contributed by atoms with E-state index in [9.17, 15) is 0 Å². The molecule has 4 nitrogen and oxygen atoms in total. The number of nitrogens with two attached hydrogens (primary N) is 1. The topological polar surface area (TPSA) is 56.7 Å². The molecule has 3 rings (SSSR count). The quantitative estimate of drug-likeness (QED) is 0.803. The highest BCUT2D eigenvalue weighted by atomic mass is 35.5. The van der Waals surface area contributed by atoms with Crippen LogP contribution in [-0.2, 0) is 6.54 Å². The van der Waals surface area contributed by atoms with Gasteiger partial charge in [0.05, 0.1) is 17.9 Å². The van der Waals surface area contributed by atoms with Crippen molar-refractivity contribution in [3.8, 4) is 11.4 Å². The average Bonchev–Trinajstić information content (AvgIpc) is 2.83. The molecule has 5 heteroatoms. The van der Waals surface area contributed by atoms with Gasteiger partial charge in [0, 0.05) is 17.4 Å². The second-order valence-electron chi connectivity index (χ2n) is 4.47. The molecule has 0 atom stereocenters. The molecule has 2 heterocycles. The third kappa shape index (κ3) is 2.65. The molecule has 3 aromatic rings. The standard InChI is InChI=1S/C15H13ClN4/c16-12-6-4-11(5-7-12)9-20-10-13(17)15(19-20)14-3-1-2-8-18-14/h1-8,10H,9,17H2. The first-order chi connectivity index (χ1) is 9.72. The molecule has 2 aromatic heterocycles. The Morgan fingerprint density at radius 2 is 1.90 bits per heavy atom. The van der Waals surface area contributed by atoms with Crippen molar-refractivity contribution >= 4 is 17.3 Å². The van der Waals surface area contributed by atoms with Crippen LogP contribution < -0.4 is 5.73 Å². The minimum Gasteiger partial charge on any atom is -0.396 e. The van der Waals surface area contributed by atoms with E-state index in [1.165, 1.54) is 0 Å². The fourth-order valence-corrected chi connectivity index (χ4v) is 2.12. The fraction of sp³-hybridized carbons (Fsp3) is 0.0667. The first kappa shape index (κ1) is 12.7. The maximum absolute atomic E-state index is 6.01. The second-order valence-corrected chi connectivity index (χ2v) is 4.91. The van der Waals surface area contributed by atoms with Crippen LogP contribution in [0, 0.1) is 0 Å². The minimum absolute atomic E-state index is 0.623. The number of hydrogen-bond donors (Lipinski definition) is 1. The van der Waals surface area contributed by atoms with Gasteiger partial charge in [-0.25, -0.2) is 0 Å². The molecule has 0 radical (unpaired) electrons. The third-order valence-corrected chi connectivity index (χ3v) is 3.21. The van der Waals surface area contributed by atoms with Crippen LogP contribution in [0.25, 0.3) is 11.4 Å². The highest BCUT2D eigenvalue weighted by Gasteiger charge is 2.09. The van der Waals surface area contributed by atoms with E-state index in [1.54, 1.807) is 6.20 Å². The van der Waals surface area contributed by atoms with E-state index in [-0.39, 0.29) is 0 Å². The van der Waals surface area contributed by atoms with E-state index in [4.69, 9.17) is 17.3 Å². The van der Waals surface area contributed by atoms with Gasteiger partial charge in [0.15, 0.2) is 0 Å². The molecule has 100 valence electrons. The summed E-state index contributed by atoms with van der Waals surface area (Å²) >= 11 is 5.87. The number of nitrogens with zero attached hydrogens (tertiary/aromatic N) is 3. The van der Waals surface area contributed by atoms with Gasteiger partial charge < -0.3 is 5.73 Å². The summed E-state index contributed by atoms with van der Waals surface area (Å²) in [6, 6.07) is 13.4. The molecule has 0 aliphatic heterocycles. The molecule has 2 N–H and O–H groups in total. The lowest BCUT2D eigenvalue weighted by atomic mass is 10.2. The zero-order valence-corrected chi connectivity index (χ0v) is 11.5. The molecule has 0 amide bonds. The molecule has 0 fully saturated rings. The Balaban J connectivity index is 1.87. The lowest BCUT2D eigenvalue weighted by molar-refractivity contribution is 0.689. The van der Waals surface area contributed by atoms with Gasteiger partial charge in [-0.15, -0.1) is 0 Å². The van der Waals surface area contributed by atoms with Crippen molar-refractivity contribution in [3.05, 3.63) is 65.4 Å². The predicted molar refractivity (Wildman–Crippen MR) is 80.4 cm³/mol. The Hall–Kier alpha value is -2.33. The van der Waals surface area contributed by atoms with Crippen molar-refractivity contribution in [1.82, 2.24) is 14.8 Å². The number of anilines is 1. The van der Waals surface area contributed by atoms with Crippen LogP contribution in [0.4, 0.5) is 5.69 Å². The Kier molecular flexibility index (Phi) is 3.39. The number of nitrogen functional groups attached to an aromatic ring is 1. The number of aromatic nitrogens is 3.